The molecule has 1 heterocycles. The van der Waals surface area contributed by atoms with Crippen molar-refractivity contribution >= 4 is 11.0 Å². The topological polar surface area (TPSA) is 131 Å². The van der Waals surface area contributed by atoms with Crippen molar-refractivity contribution in [2.45, 2.75) is 0 Å². The van der Waals surface area contributed by atoms with Gasteiger partial charge in [0.25, 0.3) is 0 Å². The van der Waals surface area contributed by atoms with E-state index >= 15 is 0 Å². The molecule has 0 aliphatic rings. The van der Waals surface area contributed by atoms with Gasteiger partial charge in [-0.15, -0.1) is 0 Å². The molecule has 3 rings (SSSR count). The summed E-state index contributed by atoms with van der Waals surface area (Å²) < 4.78 is 5.35. The fourth-order valence-corrected chi connectivity index (χ4v) is 2.09. The molecule has 7 heteroatoms. The molecule has 0 spiro atoms. The first-order chi connectivity index (χ1) is 10.4. The Kier molecular flexibility index (Phi) is 2.84. The minimum absolute atomic E-state index is 0.0431. The summed E-state index contributed by atoms with van der Waals surface area (Å²) in [6.07, 6.45) is 0. The van der Waals surface area contributed by atoms with Gasteiger partial charge in [-0.05, 0) is 24.3 Å². The Hall–Kier alpha value is -3.35. The summed E-state index contributed by atoms with van der Waals surface area (Å²) in [6, 6.07) is 5.84. The van der Waals surface area contributed by atoms with Crippen LogP contribution in [0.4, 0.5) is 0 Å². The minimum atomic E-state index is -0.764. The molecular formula is C15H10O7. The summed E-state index contributed by atoms with van der Waals surface area (Å²) in [5, 5.41) is 48.0. The van der Waals surface area contributed by atoms with Crippen molar-refractivity contribution in [1.82, 2.24) is 0 Å². The molecule has 112 valence electrons. The van der Waals surface area contributed by atoms with E-state index in [1.165, 1.54) is 12.1 Å². The van der Waals surface area contributed by atoms with Gasteiger partial charge in [0.2, 0.25) is 11.5 Å². The molecule has 0 saturated heterocycles. The summed E-state index contributed by atoms with van der Waals surface area (Å²) in [6.45, 7) is 0. The average Bonchev–Trinajstić information content (AvgIpc) is 2.49. The van der Waals surface area contributed by atoms with Crippen LogP contribution < -0.4 is 5.43 Å². The van der Waals surface area contributed by atoms with E-state index < -0.39 is 34.2 Å². The number of aromatic hydroxyl groups is 5. The number of benzene rings is 2. The van der Waals surface area contributed by atoms with Crippen LogP contribution in [0.1, 0.15) is 0 Å². The number of phenols is 5. The Balaban J connectivity index is 2.36. The molecule has 1 aromatic heterocycles. The van der Waals surface area contributed by atoms with E-state index in [4.69, 9.17) is 4.42 Å². The van der Waals surface area contributed by atoms with E-state index in [1.807, 2.05) is 0 Å². The van der Waals surface area contributed by atoms with Gasteiger partial charge in [-0.25, -0.2) is 0 Å². The summed E-state index contributed by atoms with van der Waals surface area (Å²) in [5.41, 5.74) is -0.829. The zero-order chi connectivity index (χ0) is 16.0. The van der Waals surface area contributed by atoms with Crippen molar-refractivity contribution in [3.05, 3.63) is 40.6 Å². The molecule has 3 aromatic rings. The van der Waals surface area contributed by atoms with Crippen LogP contribution in [0.5, 0.6) is 28.7 Å². The smallest absolute Gasteiger partial charge is 0.201 e. The molecule has 22 heavy (non-hydrogen) atoms. The fourth-order valence-electron chi connectivity index (χ4n) is 2.09. The largest absolute Gasteiger partial charge is 0.504 e. The van der Waals surface area contributed by atoms with Gasteiger partial charge >= 0.3 is 0 Å². The van der Waals surface area contributed by atoms with Crippen molar-refractivity contribution in [2.75, 3.05) is 0 Å². The summed E-state index contributed by atoms with van der Waals surface area (Å²) in [4.78, 5) is 12.1. The van der Waals surface area contributed by atoms with Gasteiger partial charge in [0, 0.05) is 6.07 Å². The molecule has 0 unspecified atom stereocenters. The van der Waals surface area contributed by atoms with Gasteiger partial charge in [0.05, 0.1) is 10.9 Å². The molecule has 0 amide bonds. The lowest BCUT2D eigenvalue weighted by Gasteiger charge is -2.08. The number of fused-ring (bicyclic) bond motifs is 1. The summed E-state index contributed by atoms with van der Waals surface area (Å²) >= 11 is 0. The molecule has 0 aliphatic heterocycles. The molecule has 0 saturated carbocycles. The quantitative estimate of drug-likeness (QED) is 0.434. The highest BCUT2D eigenvalue weighted by molar-refractivity contribution is 5.86. The van der Waals surface area contributed by atoms with Gasteiger partial charge in [0.1, 0.15) is 5.76 Å². The SMILES string of the molecule is O=c1cc(-c2ccc(O)c(O)c2O)oc2c(O)c(O)ccc12. The molecule has 2 aromatic carbocycles. The molecular weight excluding hydrogens is 292 g/mol. The summed E-state index contributed by atoms with van der Waals surface area (Å²) in [7, 11) is 0. The fraction of sp³-hybridized carbons (Fsp3) is 0. The van der Waals surface area contributed by atoms with Crippen LogP contribution in [-0.4, -0.2) is 25.5 Å². The predicted molar refractivity (Wildman–Crippen MR) is 76.2 cm³/mol. The first-order valence-corrected chi connectivity index (χ1v) is 6.13. The monoisotopic (exact) mass is 302 g/mol. The van der Waals surface area contributed by atoms with Crippen LogP contribution in [0.2, 0.25) is 0 Å². The van der Waals surface area contributed by atoms with Gasteiger partial charge in [-0.1, -0.05) is 0 Å². The lowest BCUT2D eigenvalue weighted by molar-refractivity contribution is 0.368. The zero-order valence-corrected chi connectivity index (χ0v) is 10.9. The molecule has 0 radical (unpaired) electrons. The second kappa shape index (κ2) is 4.59. The number of phenolic OH excluding ortho intramolecular Hbond substituents is 5. The first-order valence-electron chi connectivity index (χ1n) is 6.13. The van der Waals surface area contributed by atoms with Crippen molar-refractivity contribution in [3.8, 4) is 40.1 Å². The van der Waals surface area contributed by atoms with Gasteiger partial charge in [-0.2, -0.15) is 0 Å². The van der Waals surface area contributed by atoms with Crippen molar-refractivity contribution < 1.29 is 29.9 Å². The number of hydrogen-bond donors (Lipinski definition) is 5. The number of rotatable bonds is 1. The van der Waals surface area contributed by atoms with Crippen molar-refractivity contribution in [3.63, 3.8) is 0 Å². The van der Waals surface area contributed by atoms with E-state index in [1.54, 1.807) is 0 Å². The third-order valence-corrected chi connectivity index (χ3v) is 3.25. The Bertz CT molecular complexity index is 956. The Morgan fingerprint density at radius 2 is 1.41 bits per heavy atom. The van der Waals surface area contributed by atoms with E-state index in [0.717, 1.165) is 18.2 Å². The maximum Gasteiger partial charge on any atom is 0.201 e. The number of hydrogen-bond acceptors (Lipinski definition) is 7. The van der Waals surface area contributed by atoms with E-state index in [2.05, 4.69) is 0 Å². The lowest BCUT2D eigenvalue weighted by atomic mass is 10.1. The molecule has 0 fully saturated rings. The van der Waals surface area contributed by atoms with Gasteiger partial charge in [-0.3, -0.25) is 4.79 Å². The highest BCUT2D eigenvalue weighted by atomic mass is 16.4. The highest BCUT2D eigenvalue weighted by Crippen LogP contribution is 2.43. The second-order valence-electron chi connectivity index (χ2n) is 4.61. The third-order valence-electron chi connectivity index (χ3n) is 3.25. The first kappa shape index (κ1) is 13.6. The predicted octanol–water partition coefficient (Wildman–Crippen LogP) is 1.99. The van der Waals surface area contributed by atoms with Crippen LogP contribution in [0.3, 0.4) is 0 Å². The van der Waals surface area contributed by atoms with E-state index in [0.29, 0.717) is 0 Å². The molecule has 0 aliphatic carbocycles. The molecule has 5 N–H and O–H groups in total. The normalized spacial score (nSPS) is 10.9. The van der Waals surface area contributed by atoms with Gasteiger partial charge in [0.15, 0.2) is 28.3 Å². The minimum Gasteiger partial charge on any atom is -0.504 e. The molecule has 0 atom stereocenters. The second-order valence-corrected chi connectivity index (χ2v) is 4.61. The van der Waals surface area contributed by atoms with Crippen molar-refractivity contribution in [1.29, 1.82) is 0 Å². The van der Waals surface area contributed by atoms with Gasteiger partial charge < -0.3 is 29.9 Å². The maximum absolute atomic E-state index is 12.1. The Morgan fingerprint density at radius 1 is 0.773 bits per heavy atom. The molecule has 0 bridgehead atoms. The van der Waals surface area contributed by atoms with Crippen LogP contribution >= 0.6 is 0 Å². The highest BCUT2D eigenvalue weighted by Gasteiger charge is 2.18. The Morgan fingerprint density at radius 3 is 2.14 bits per heavy atom. The Labute approximate surface area is 122 Å². The van der Waals surface area contributed by atoms with Crippen molar-refractivity contribution in [2.24, 2.45) is 0 Å². The van der Waals surface area contributed by atoms with Crippen LogP contribution in [0, 0.1) is 0 Å². The van der Waals surface area contributed by atoms with Crippen LogP contribution in [-0.2, 0) is 0 Å². The molecule has 7 nitrogen and oxygen atoms in total. The third kappa shape index (κ3) is 1.87. The lowest BCUT2D eigenvalue weighted by Crippen LogP contribution is -2.00. The van der Waals surface area contributed by atoms with E-state index in [-0.39, 0.29) is 22.3 Å². The standard InChI is InChI=1S/C15H10O7/c16-8-4-2-7(12(19)13(8)20)11-5-10(18)6-1-3-9(17)14(21)15(6)22-11/h1-5,16-17,19-21H. The maximum atomic E-state index is 12.1. The summed E-state index contributed by atoms with van der Waals surface area (Å²) in [5.74, 6) is -3.21. The van der Waals surface area contributed by atoms with Crippen LogP contribution in [0.15, 0.2) is 39.5 Å². The zero-order valence-electron chi connectivity index (χ0n) is 10.9. The van der Waals surface area contributed by atoms with Crippen LogP contribution in [0.25, 0.3) is 22.3 Å². The average molecular weight is 302 g/mol. The van der Waals surface area contributed by atoms with E-state index in [9.17, 15) is 30.3 Å².